The minimum Gasteiger partial charge on any atom is -0.497 e. The van der Waals surface area contributed by atoms with Crippen molar-refractivity contribution in [2.75, 3.05) is 38.7 Å². The fraction of sp³-hybridized carbons (Fsp3) is 0.310. The summed E-state index contributed by atoms with van der Waals surface area (Å²) >= 11 is 0. The second kappa shape index (κ2) is 11.7. The van der Waals surface area contributed by atoms with Crippen molar-refractivity contribution in [1.29, 1.82) is 0 Å². The first-order valence-electron chi connectivity index (χ1n) is 12.1. The Labute approximate surface area is 207 Å². The van der Waals surface area contributed by atoms with E-state index in [9.17, 15) is 9.59 Å². The molecule has 0 N–H and O–H groups in total. The number of amides is 2. The highest BCUT2D eigenvalue weighted by Crippen LogP contribution is 2.21. The molecule has 182 valence electrons. The highest BCUT2D eigenvalue weighted by atomic mass is 16.5. The van der Waals surface area contributed by atoms with Gasteiger partial charge < -0.3 is 9.64 Å². The molecule has 3 aromatic rings. The van der Waals surface area contributed by atoms with Crippen LogP contribution in [-0.2, 0) is 11.3 Å². The maximum Gasteiger partial charge on any atom is 0.258 e. The molecular weight excluding hydrogens is 438 g/mol. The normalized spacial score (nSPS) is 14.1. The van der Waals surface area contributed by atoms with Crippen molar-refractivity contribution in [2.45, 2.75) is 25.4 Å². The molecule has 1 aliphatic heterocycles. The van der Waals surface area contributed by atoms with E-state index < -0.39 is 0 Å². The standard InChI is InChI=1S/C29H33N3O3/c1-30(21-23-9-5-3-6-10-23)25-17-19-31(20-18-25)28(33)22-32(26-11-7-4-8-12-26)29(34)24-13-15-27(35-2)16-14-24/h3-16,25H,17-22H2,1-2H3. The number of para-hydroxylation sites is 1. The fourth-order valence-electron chi connectivity index (χ4n) is 4.57. The Bertz CT molecular complexity index is 1100. The lowest BCUT2D eigenvalue weighted by Crippen LogP contribution is -2.49. The first-order valence-corrected chi connectivity index (χ1v) is 12.1. The fourth-order valence-corrected chi connectivity index (χ4v) is 4.57. The van der Waals surface area contributed by atoms with Gasteiger partial charge in [-0.05, 0) is 61.9 Å². The molecule has 0 aliphatic carbocycles. The molecular formula is C29H33N3O3. The number of anilines is 1. The Morgan fingerprint density at radius 3 is 2.09 bits per heavy atom. The average Bonchev–Trinajstić information content (AvgIpc) is 2.92. The molecule has 0 spiro atoms. The third-order valence-electron chi connectivity index (χ3n) is 6.66. The number of hydrogen-bond donors (Lipinski definition) is 0. The number of likely N-dealkylation sites (tertiary alicyclic amines) is 1. The number of carbonyl (C=O) groups is 2. The van der Waals surface area contributed by atoms with Gasteiger partial charge in [0.25, 0.3) is 5.91 Å². The quantitative estimate of drug-likeness (QED) is 0.487. The zero-order chi connectivity index (χ0) is 24.6. The molecule has 2 amide bonds. The maximum atomic E-state index is 13.4. The summed E-state index contributed by atoms with van der Waals surface area (Å²) in [6.45, 7) is 2.31. The second-order valence-corrected chi connectivity index (χ2v) is 8.97. The smallest absolute Gasteiger partial charge is 0.258 e. The molecule has 1 heterocycles. The van der Waals surface area contributed by atoms with E-state index in [-0.39, 0.29) is 18.4 Å². The van der Waals surface area contributed by atoms with Gasteiger partial charge in [0.1, 0.15) is 12.3 Å². The molecule has 0 radical (unpaired) electrons. The number of ether oxygens (including phenoxy) is 1. The molecule has 1 fully saturated rings. The van der Waals surface area contributed by atoms with Crippen molar-refractivity contribution in [1.82, 2.24) is 9.80 Å². The SMILES string of the molecule is COc1ccc(C(=O)N(CC(=O)N2CCC(N(C)Cc3ccccc3)CC2)c2ccccc2)cc1. The Morgan fingerprint density at radius 1 is 0.886 bits per heavy atom. The molecule has 1 saturated heterocycles. The number of carbonyl (C=O) groups excluding carboxylic acids is 2. The summed E-state index contributed by atoms with van der Waals surface area (Å²) in [5.41, 5.74) is 2.52. The summed E-state index contributed by atoms with van der Waals surface area (Å²) in [4.78, 5) is 32.5. The number of rotatable bonds is 8. The van der Waals surface area contributed by atoms with Crippen molar-refractivity contribution in [3.63, 3.8) is 0 Å². The van der Waals surface area contributed by atoms with Gasteiger partial charge in [0.05, 0.1) is 7.11 Å². The van der Waals surface area contributed by atoms with Gasteiger partial charge in [0.15, 0.2) is 0 Å². The van der Waals surface area contributed by atoms with Crippen LogP contribution in [0, 0.1) is 0 Å². The molecule has 0 bridgehead atoms. The van der Waals surface area contributed by atoms with Crippen molar-refractivity contribution < 1.29 is 14.3 Å². The third kappa shape index (κ3) is 6.28. The summed E-state index contributed by atoms with van der Waals surface area (Å²) in [6.07, 6.45) is 1.85. The Morgan fingerprint density at radius 2 is 1.49 bits per heavy atom. The average molecular weight is 472 g/mol. The van der Waals surface area contributed by atoms with E-state index in [0.29, 0.717) is 36.1 Å². The lowest BCUT2D eigenvalue weighted by Gasteiger charge is -2.37. The zero-order valence-corrected chi connectivity index (χ0v) is 20.5. The van der Waals surface area contributed by atoms with Crippen LogP contribution in [0.5, 0.6) is 5.75 Å². The molecule has 0 unspecified atom stereocenters. The van der Waals surface area contributed by atoms with Gasteiger partial charge >= 0.3 is 0 Å². The largest absolute Gasteiger partial charge is 0.497 e. The second-order valence-electron chi connectivity index (χ2n) is 8.97. The van der Waals surface area contributed by atoms with Crippen LogP contribution >= 0.6 is 0 Å². The van der Waals surface area contributed by atoms with E-state index in [1.165, 1.54) is 5.56 Å². The predicted molar refractivity (Wildman–Crippen MR) is 139 cm³/mol. The molecule has 35 heavy (non-hydrogen) atoms. The van der Waals surface area contributed by atoms with Gasteiger partial charge in [-0.2, -0.15) is 0 Å². The van der Waals surface area contributed by atoms with Gasteiger partial charge in [-0.3, -0.25) is 19.4 Å². The van der Waals surface area contributed by atoms with E-state index in [1.54, 1.807) is 36.3 Å². The number of benzene rings is 3. The van der Waals surface area contributed by atoms with Crippen molar-refractivity contribution in [3.8, 4) is 5.75 Å². The summed E-state index contributed by atoms with van der Waals surface area (Å²) < 4.78 is 5.21. The molecule has 6 nitrogen and oxygen atoms in total. The van der Waals surface area contributed by atoms with Crippen LogP contribution in [0.4, 0.5) is 5.69 Å². The van der Waals surface area contributed by atoms with Crippen molar-refractivity contribution >= 4 is 17.5 Å². The van der Waals surface area contributed by atoms with Gasteiger partial charge in [0, 0.05) is 36.9 Å². The predicted octanol–water partition coefficient (Wildman–Crippen LogP) is 4.47. The van der Waals surface area contributed by atoms with E-state index in [0.717, 1.165) is 19.4 Å². The number of hydrogen-bond acceptors (Lipinski definition) is 4. The van der Waals surface area contributed by atoms with Gasteiger partial charge in [-0.15, -0.1) is 0 Å². The molecule has 4 rings (SSSR count). The number of nitrogens with zero attached hydrogens (tertiary/aromatic N) is 3. The molecule has 3 aromatic carbocycles. The van der Waals surface area contributed by atoms with Crippen LogP contribution in [0.1, 0.15) is 28.8 Å². The molecule has 0 saturated carbocycles. The van der Waals surface area contributed by atoms with Crippen LogP contribution in [0.15, 0.2) is 84.9 Å². The minimum atomic E-state index is -0.204. The van der Waals surface area contributed by atoms with Crippen LogP contribution < -0.4 is 9.64 Å². The molecule has 0 aromatic heterocycles. The number of piperidine rings is 1. The number of methoxy groups -OCH3 is 1. The van der Waals surface area contributed by atoms with Crippen LogP contribution in [0.25, 0.3) is 0 Å². The van der Waals surface area contributed by atoms with E-state index >= 15 is 0 Å². The lowest BCUT2D eigenvalue weighted by atomic mass is 10.0. The van der Waals surface area contributed by atoms with Gasteiger partial charge in [-0.25, -0.2) is 0 Å². The molecule has 0 atom stereocenters. The Hall–Kier alpha value is -3.64. The van der Waals surface area contributed by atoms with Crippen molar-refractivity contribution in [2.24, 2.45) is 0 Å². The van der Waals surface area contributed by atoms with E-state index in [2.05, 4.69) is 36.2 Å². The minimum absolute atomic E-state index is 0.0133. The summed E-state index contributed by atoms with van der Waals surface area (Å²) in [5.74, 6) is 0.452. The first-order chi connectivity index (χ1) is 17.0. The Balaban J connectivity index is 1.39. The third-order valence-corrected chi connectivity index (χ3v) is 6.66. The summed E-state index contributed by atoms with van der Waals surface area (Å²) in [7, 11) is 3.74. The zero-order valence-electron chi connectivity index (χ0n) is 20.5. The monoisotopic (exact) mass is 471 g/mol. The first kappa shape index (κ1) is 24.5. The highest BCUT2D eigenvalue weighted by Gasteiger charge is 2.28. The summed E-state index contributed by atoms with van der Waals surface area (Å²) in [6, 6.07) is 27.2. The topological polar surface area (TPSA) is 53.1 Å². The Kier molecular flexibility index (Phi) is 8.16. The molecule has 6 heteroatoms. The molecule has 1 aliphatic rings. The maximum absolute atomic E-state index is 13.4. The van der Waals surface area contributed by atoms with E-state index in [4.69, 9.17) is 4.74 Å². The van der Waals surface area contributed by atoms with Crippen LogP contribution in [0.3, 0.4) is 0 Å². The van der Waals surface area contributed by atoms with Crippen LogP contribution in [0.2, 0.25) is 0 Å². The van der Waals surface area contributed by atoms with Crippen molar-refractivity contribution in [3.05, 3.63) is 96.1 Å². The lowest BCUT2D eigenvalue weighted by molar-refractivity contribution is -0.131. The van der Waals surface area contributed by atoms with E-state index in [1.807, 2.05) is 41.3 Å². The van der Waals surface area contributed by atoms with Crippen LogP contribution in [-0.4, -0.2) is 61.4 Å². The highest BCUT2D eigenvalue weighted by molar-refractivity contribution is 6.08. The van der Waals surface area contributed by atoms with Gasteiger partial charge in [-0.1, -0.05) is 48.5 Å². The summed E-state index contributed by atoms with van der Waals surface area (Å²) in [5, 5.41) is 0. The van der Waals surface area contributed by atoms with Gasteiger partial charge in [0.2, 0.25) is 5.91 Å².